The largest absolute Gasteiger partial charge is 0.349 e. The SMILES string of the molecule is Cc1c(C=Nn2c(=O)[nH]c3ccccc3c2=O)c2ccccc2n1C. The van der Waals surface area contributed by atoms with E-state index in [2.05, 4.69) is 14.7 Å². The van der Waals surface area contributed by atoms with Crippen molar-refractivity contribution in [3.63, 3.8) is 0 Å². The number of benzene rings is 2. The molecule has 1 N–H and O–H groups in total. The van der Waals surface area contributed by atoms with Crippen molar-refractivity contribution in [3.8, 4) is 0 Å². The Morgan fingerprint density at radius 2 is 1.68 bits per heavy atom. The first-order valence-corrected chi connectivity index (χ1v) is 7.90. The molecule has 0 saturated carbocycles. The maximum Gasteiger partial charge on any atom is 0.349 e. The van der Waals surface area contributed by atoms with Crippen LogP contribution in [0.5, 0.6) is 0 Å². The fourth-order valence-electron chi connectivity index (χ4n) is 3.09. The first-order chi connectivity index (χ1) is 12.1. The minimum absolute atomic E-state index is 0.425. The molecule has 6 nitrogen and oxygen atoms in total. The zero-order valence-corrected chi connectivity index (χ0v) is 13.9. The Labute approximate surface area is 142 Å². The first kappa shape index (κ1) is 15.1. The van der Waals surface area contributed by atoms with Crippen LogP contribution >= 0.6 is 0 Å². The highest BCUT2D eigenvalue weighted by Gasteiger charge is 2.10. The van der Waals surface area contributed by atoms with E-state index in [1.54, 1.807) is 30.5 Å². The molecule has 4 rings (SSSR count). The minimum atomic E-state index is -0.558. The zero-order valence-electron chi connectivity index (χ0n) is 13.9. The third kappa shape index (κ3) is 2.30. The minimum Gasteiger partial charge on any atom is -0.347 e. The highest BCUT2D eigenvalue weighted by molar-refractivity contribution is 6.01. The molecular formula is C19H16N4O2. The van der Waals surface area contributed by atoms with Gasteiger partial charge in [0.25, 0.3) is 5.56 Å². The van der Waals surface area contributed by atoms with Gasteiger partial charge in [-0.05, 0) is 25.1 Å². The van der Waals surface area contributed by atoms with Crippen molar-refractivity contribution in [1.82, 2.24) is 14.2 Å². The van der Waals surface area contributed by atoms with Crippen LogP contribution in [0.25, 0.3) is 21.8 Å². The summed E-state index contributed by atoms with van der Waals surface area (Å²) in [5.74, 6) is 0. The average molecular weight is 332 g/mol. The van der Waals surface area contributed by atoms with E-state index in [1.807, 2.05) is 38.2 Å². The number of hydrogen-bond donors (Lipinski definition) is 1. The van der Waals surface area contributed by atoms with Gasteiger partial charge in [0.2, 0.25) is 0 Å². The van der Waals surface area contributed by atoms with Crippen molar-refractivity contribution < 1.29 is 0 Å². The smallest absolute Gasteiger partial charge is 0.347 e. The van der Waals surface area contributed by atoms with Crippen LogP contribution in [-0.2, 0) is 7.05 Å². The summed E-state index contributed by atoms with van der Waals surface area (Å²) in [6, 6.07) is 14.8. The molecule has 25 heavy (non-hydrogen) atoms. The number of H-pyrrole nitrogens is 1. The molecule has 0 saturated heterocycles. The molecule has 0 unspecified atom stereocenters. The summed E-state index contributed by atoms with van der Waals surface area (Å²) in [5.41, 5.74) is 2.48. The molecule has 0 aliphatic heterocycles. The number of para-hydroxylation sites is 2. The van der Waals surface area contributed by atoms with E-state index < -0.39 is 11.2 Å². The maximum atomic E-state index is 12.5. The van der Waals surface area contributed by atoms with Gasteiger partial charge in [-0.25, -0.2) is 4.79 Å². The lowest BCUT2D eigenvalue weighted by Gasteiger charge is -2.01. The van der Waals surface area contributed by atoms with E-state index in [0.717, 1.165) is 26.8 Å². The van der Waals surface area contributed by atoms with E-state index >= 15 is 0 Å². The van der Waals surface area contributed by atoms with Gasteiger partial charge in [0, 0.05) is 29.2 Å². The van der Waals surface area contributed by atoms with Crippen molar-refractivity contribution in [1.29, 1.82) is 0 Å². The maximum absolute atomic E-state index is 12.5. The molecule has 0 radical (unpaired) electrons. The second-order valence-corrected chi connectivity index (χ2v) is 5.91. The lowest BCUT2D eigenvalue weighted by Crippen LogP contribution is -2.32. The van der Waals surface area contributed by atoms with Crippen LogP contribution in [0.15, 0.2) is 63.2 Å². The summed E-state index contributed by atoms with van der Waals surface area (Å²) in [6.07, 6.45) is 1.57. The average Bonchev–Trinajstić information content (AvgIpc) is 2.86. The number of fused-ring (bicyclic) bond motifs is 2. The van der Waals surface area contributed by atoms with Crippen LogP contribution < -0.4 is 11.2 Å². The normalized spacial score (nSPS) is 11.8. The molecule has 0 bridgehead atoms. The number of aromatic nitrogens is 3. The van der Waals surface area contributed by atoms with Gasteiger partial charge in [0.15, 0.2) is 0 Å². The van der Waals surface area contributed by atoms with Crippen LogP contribution in [0.4, 0.5) is 0 Å². The first-order valence-electron chi connectivity index (χ1n) is 7.90. The van der Waals surface area contributed by atoms with Crippen molar-refractivity contribution >= 4 is 28.0 Å². The Morgan fingerprint density at radius 3 is 2.48 bits per heavy atom. The van der Waals surface area contributed by atoms with E-state index in [-0.39, 0.29) is 0 Å². The second kappa shape index (κ2) is 5.59. The summed E-state index contributed by atoms with van der Waals surface area (Å²) < 4.78 is 2.92. The summed E-state index contributed by atoms with van der Waals surface area (Å²) in [5, 5.41) is 5.62. The van der Waals surface area contributed by atoms with Crippen LogP contribution in [0.1, 0.15) is 11.3 Å². The quantitative estimate of drug-likeness (QED) is 0.572. The molecule has 0 amide bonds. The Kier molecular flexibility index (Phi) is 3.39. The Hall–Kier alpha value is -3.41. The van der Waals surface area contributed by atoms with E-state index in [9.17, 15) is 9.59 Å². The van der Waals surface area contributed by atoms with Crippen molar-refractivity contribution in [2.75, 3.05) is 0 Å². The Balaban J connectivity index is 1.92. The van der Waals surface area contributed by atoms with Crippen LogP contribution in [0, 0.1) is 6.92 Å². The van der Waals surface area contributed by atoms with Crippen LogP contribution in [-0.4, -0.2) is 20.4 Å². The highest BCUT2D eigenvalue weighted by Crippen LogP contribution is 2.23. The van der Waals surface area contributed by atoms with Crippen LogP contribution in [0.2, 0.25) is 0 Å². The summed E-state index contributed by atoms with van der Waals surface area (Å²) in [6.45, 7) is 1.98. The van der Waals surface area contributed by atoms with Gasteiger partial charge >= 0.3 is 5.69 Å². The standard InChI is InChI=1S/C19H16N4O2/c1-12-15(13-7-4-6-10-17(13)22(12)2)11-20-23-18(24)14-8-3-5-9-16(14)21-19(23)25/h3-11H,1-2H3,(H,21,25). The van der Waals surface area contributed by atoms with Gasteiger partial charge in [-0.2, -0.15) is 5.10 Å². The molecule has 0 spiro atoms. The predicted octanol–water partition coefficient (Wildman–Crippen LogP) is 2.37. The topological polar surface area (TPSA) is 72.2 Å². The van der Waals surface area contributed by atoms with E-state index in [4.69, 9.17) is 0 Å². The van der Waals surface area contributed by atoms with Gasteiger partial charge in [-0.15, -0.1) is 4.68 Å². The fourth-order valence-corrected chi connectivity index (χ4v) is 3.09. The summed E-state index contributed by atoms with van der Waals surface area (Å²) in [4.78, 5) is 27.4. The van der Waals surface area contributed by atoms with Gasteiger partial charge in [-0.3, -0.25) is 4.79 Å². The van der Waals surface area contributed by atoms with Gasteiger partial charge in [0.05, 0.1) is 17.1 Å². The molecule has 2 aromatic carbocycles. The molecular weight excluding hydrogens is 316 g/mol. The monoisotopic (exact) mass is 332 g/mol. The summed E-state index contributed by atoms with van der Waals surface area (Å²) in [7, 11) is 1.98. The second-order valence-electron chi connectivity index (χ2n) is 5.91. The fraction of sp³-hybridized carbons (Fsp3) is 0.105. The molecule has 4 aromatic rings. The zero-order chi connectivity index (χ0) is 17.6. The summed E-state index contributed by atoms with van der Waals surface area (Å²) >= 11 is 0. The number of hydrogen-bond acceptors (Lipinski definition) is 3. The van der Waals surface area contributed by atoms with Crippen molar-refractivity contribution in [3.05, 3.63) is 80.6 Å². The lowest BCUT2D eigenvalue weighted by molar-refractivity contribution is 0.771. The van der Waals surface area contributed by atoms with Crippen molar-refractivity contribution in [2.24, 2.45) is 12.1 Å². The molecule has 0 atom stereocenters. The lowest BCUT2D eigenvalue weighted by atomic mass is 10.1. The van der Waals surface area contributed by atoms with Crippen molar-refractivity contribution in [2.45, 2.75) is 6.92 Å². The number of rotatable bonds is 2. The van der Waals surface area contributed by atoms with Gasteiger partial charge < -0.3 is 9.55 Å². The molecule has 0 aliphatic rings. The Morgan fingerprint density at radius 1 is 1.00 bits per heavy atom. The molecule has 2 heterocycles. The molecule has 2 aromatic heterocycles. The van der Waals surface area contributed by atoms with E-state index in [1.165, 1.54) is 0 Å². The Bertz CT molecular complexity index is 1260. The highest BCUT2D eigenvalue weighted by atomic mass is 16.2. The molecule has 6 heteroatoms. The van der Waals surface area contributed by atoms with Crippen LogP contribution in [0.3, 0.4) is 0 Å². The number of aromatic amines is 1. The number of aryl methyl sites for hydroxylation is 1. The third-order valence-electron chi connectivity index (χ3n) is 4.53. The predicted molar refractivity (Wildman–Crippen MR) is 99.5 cm³/mol. The number of nitrogens with zero attached hydrogens (tertiary/aromatic N) is 3. The number of nitrogens with one attached hydrogen (secondary N) is 1. The van der Waals surface area contributed by atoms with Gasteiger partial charge in [-0.1, -0.05) is 30.3 Å². The molecule has 124 valence electrons. The van der Waals surface area contributed by atoms with E-state index in [0.29, 0.717) is 10.9 Å². The molecule has 0 aliphatic carbocycles. The third-order valence-corrected chi connectivity index (χ3v) is 4.53. The van der Waals surface area contributed by atoms with Gasteiger partial charge in [0.1, 0.15) is 0 Å². The molecule has 0 fully saturated rings.